The largest absolute Gasteiger partial charge is 0.373 e. The highest BCUT2D eigenvalue weighted by molar-refractivity contribution is 5.97. The molecule has 1 heterocycles. The minimum atomic E-state index is -0.560. The molecule has 0 radical (unpaired) electrons. The van der Waals surface area contributed by atoms with Crippen LogP contribution in [0.25, 0.3) is 10.9 Å². The molecule has 0 aliphatic heterocycles. The summed E-state index contributed by atoms with van der Waals surface area (Å²) in [7, 11) is 0. The van der Waals surface area contributed by atoms with Crippen molar-refractivity contribution in [3.8, 4) is 0 Å². The van der Waals surface area contributed by atoms with E-state index in [1.807, 2.05) is 13.8 Å². The van der Waals surface area contributed by atoms with E-state index in [9.17, 15) is 14.9 Å². The summed E-state index contributed by atoms with van der Waals surface area (Å²) in [5, 5.41) is 14.7. The van der Waals surface area contributed by atoms with Gasteiger partial charge in [0.1, 0.15) is 11.6 Å². The molecule has 2 aromatic rings. The zero-order chi connectivity index (χ0) is 15.6. The lowest BCUT2D eigenvalue weighted by molar-refractivity contribution is -0.383. The second kappa shape index (κ2) is 5.74. The van der Waals surface area contributed by atoms with Gasteiger partial charge in [-0.3, -0.25) is 14.9 Å². The van der Waals surface area contributed by atoms with E-state index in [0.717, 1.165) is 0 Å². The molecule has 0 saturated heterocycles. The molecule has 0 aliphatic rings. The average Bonchev–Trinajstić information content (AvgIpc) is 2.43. The maximum absolute atomic E-state index is 11.5. The summed E-state index contributed by atoms with van der Waals surface area (Å²) < 4.78 is 0. The van der Waals surface area contributed by atoms with Gasteiger partial charge in [-0.1, -0.05) is 26.0 Å². The minimum absolute atomic E-state index is 0.00980. The van der Waals surface area contributed by atoms with Gasteiger partial charge in [0.15, 0.2) is 0 Å². The Balaban J connectivity index is 2.53. The number of nitrogens with two attached hydrogens (primary N) is 1. The van der Waals surface area contributed by atoms with Crippen LogP contribution in [0.15, 0.2) is 30.5 Å². The van der Waals surface area contributed by atoms with E-state index in [1.54, 1.807) is 18.2 Å². The lowest BCUT2D eigenvalue weighted by atomic mass is 10.0. The summed E-state index contributed by atoms with van der Waals surface area (Å²) in [6.07, 6.45) is 1.47. The molecule has 2 rings (SSSR count). The van der Waals surface area contributed by atoms with Crippen molar-refractivity contribution in [2.75, 3.05) is 5.32 Å². The number of anilines is 1. The van der Waals surface area contributed by atoms with Crippen molar-refractivity contribution in [1.82, 2.24) is 4.98 Å². The van der Waals surface area contributed by atoms with Crippen molar-refractivity contribution in [2.45, 2.75) is 19.9 Å². The molecule has 0 saturated carbocycles. The summed E-state index contributed by atoms with van der Waals surface area (Å²) in [5.74, 6) is -0.482. The number of carbonyl (C=O) groups excluding carboxylic acids is 1. The molecule has 3 N–H and O–H groups in total. The number of aromatic nitrogens is 1. The molecule has 1 aromatic heterocycles. The van der Waals surface area contributed by atoms with Crippen LogP contribution in [0.5, 0.6) is 0 Å². The number of amides is 1. The van der Waals surface area contributed by atoms with Crippen molar-refractivity contribution < 1.29 is 9.72 Å². The van der Waals surface area contributed by atoms with E-state index < -0.39 is 16.9 Å². The zero-order valence-electron chi connectivity index (χ0n) is 11.7. The predicted octanol–water partition coefficient (Wildman–Crippen LogP) is 2.06. The maximum Gasteiger partial charge on any atom is 0.295 e. The highest BCUT2D eigenvalue weighted by Crippen LogP contribution is 2.29. The molecule has 1 aromatic carbocycles. The fourth-order valence-electron chi connectivity index (χ4n) is 2.17. The summed E-state index contributed by atoms with van der Waals surface area (Å²) >= 11 is 0. The smallest absolute Gasteiger partial charge is 0.295 e. The molecule has 0 aliphatic carbocycles. The number of para-hydroxylation sites is 1. The molecule has 1 atom stereocenters. The molecule has 0 fully saturated rings. The van der Waals surface area contributed by atoms with Gasteiger partial charge in [-0.2, -0.15) is 0 Å². The summed E-state index contributed by atoms with van der Waals surface area (Å²) in [5.41, 5.74) is 6.19. The monoisotopic (exact) mass is 288 g/mol. The third kappa shape index (κ3) is 2.91. The van der Waals surface area contributed by atoms with Crippen LogP contribution in [0.3, 0.4) is 0 Å². The van der Waals surface area contributed by atoms with Gasteiger partial charge in [0.2, 0.25) is 5.91 Å². The van der Waals surface area contributed by atoms with Gasteiger partial charge >= 0.3 is 0 Å². The SMILES string of the molecule is CC(C)C(Nc1ccnc2c([N+](=O)[O-])cccc12)C(N)=O. The number of nitrogens with zero attached hydrogens (tertiary/aromatic N) is 2. The Kier molecular flexibility index (Phi) is 4.02. The molecule has 7 heteroatoms. The Morgan fingerprint density at radius 3 is 2.67 bits per heavy atom. The Morgan fingerprint density at radius 2 is 2.10 bits per heavy atom. The van der Waals surface area contributed by atoms with Crippen LogP contribution in [0.1, 0.15) is 13.8 Å². The standard InChI is InChI=1S/C14H16N4O3/c1-8(2)12(14(15)19)17-10-6-7-16-13-9(10)4-3-5-11(13)18(20)21/h3-8,12H,1-2H3,(H2,15,19)(H,16,17). The van der Waals surface area contributed by atoms with Gasteiger partial charge in [0.25, 0.3) is 5.69 Å². The normalized spacial score (nSPS) is 12.3. The molecular formula is C14H16N4O3. The van der Waals surface area contributed by atoms with E-state index in [-0.39, 0.29) is 17.1 Å². The van der Waals surface area contributed by atoms with Crippen molar-refractivity contribution in [3.63, 3.8) is 0 Å². The number of hydrogen-bond donors (Lipinski definition) is 2. The van der Waals surface area contributed by atoms with Gasteiger partial charge in [-0.05, 0) is 12.0 Å². The second-order valence-corrected chi connectivity index (χ2v) is 5.06. The highest BCUT2D eigenvalue weighted by Gasteiger charge is 2.21. The maximum atomic E-state index is 11.5. The van der Waals surface area contributed by atoms with E-state index in [2.05, 4.69) is 10.3 Å². The van der Waals surface area contributed by atoms with Gasteiger partial charge in [0.05, 0.1) is 4.92 Å². The van der Waals surface area contributed by atoms with E-state index in [4.69, 9.17) is 5.73 Å². The number of nitro benzene ring substituents is 1. The molecule has 0 bridgehead atoms. The molecule has 1 amide bonds. The summed E-state index contributed by atoms with van der Waals surface area (Å²) in [6, 6.07) is 5.81. The van der Waals surface area contributed by atoms with Crippen LogP contribution >= 0.6 is 0 Å². The number of carbonyl (C=O) groups is 1. The lowest BCUT2D eigenvalue weighted by Gasteiger charge is -2.21. The quantitative estimate of drug-likeness (QED) is 0.646. The molecular weight excluding hydrogens is 272 g/mol. The highest BCUT2D eigenvalue weighted by atomic mass is 16.6. The molecule has 1 unspecified atom stereocenters. The van der Waals surface area contributed by atoms with Crippen LogP contribution in [-0.4, -0.2) is 21.9 Å². The van der Waals surface area contributed by atoms with Crippen LogP contribution in [-0.2, 0) is 4.79 Å². The number of pyridine rings is 1. The number of benzene rings is 1. The topological polar surface area (TPSA) is 111 Å². The van der Waals surface area contributed by atoms with Crippen LogP contribution in [0, 0.1) is 16.0 Å². The zero-order valence-corrected chi connectivity index (χ0v) is 11.7. The summed E-state index contributed by atoms with van der Waals surface area (Å²) in [4.78, 5) is 26.1. The van der Waals surface area contributed by atoms with Gasteiger partial charge < -0.3 is 11.1 Å². The average molecular weight is 288 g/mol. The Labute approximate surface area is 121 Å². The second-order valence-electron chi connectivity index (χ2n) is 5.06. The van der Waals surface area contributed by atoms with Gasteiger partial charge in [-0.15, -0.1) is 0 Å². The fourth-order valence-corrected chi connectivity index (χ4v) is 2.17. The minimum Gasteiger partial charge on any atom is -0.373 e. The van der Waals surface area contributed by atoms with Crippen molar-refractivity contribution in [3.05, 3.63) is 40.6 Å². The van der Waals surface area contributed by atoms with E-state index in [1.165, 1.54) is 12.3 Å². The van der Waals surface area contributed by atoms with Crippen molar-refractivity contribution >= 4 is 28.2 Å². The number of nitrogens with one attached hydrogen (secondary N) is 1. The third-order valence-electron chi connectivity index (χ3n) is 3.23. The molecule has 7 nitrogen and oxygen atoms in total. The molecule has 0 spiro atoms. The van der Waals surface area contributed by atoms with Crippen molar-refractivity contribution in [2.24, 2.45) is 11.7 Å². The first-order chi connectivity index (χ1) is 9.91. The first-order valence-electron chi connectivity index (χ1n) is 6.49. The first-order valence-corrected chi connectivity index (χ1v) is 6.49. The Morgan fingerprint density at radius 1 is 1.38 bits per heavy atom. The fraction of sp³-hybridized carbons (Fsp3) is 0.286. The molecule has 21 heavy (non-hydrogen) atoms. The van der Waals surface area contributed by atoms with E-state index in [0.29, 0.717) is 11.1 Å². The van der Waals surface area contributed by atoms with E-state index >= 15 is 0 Å². The lowest BCUT2D eigenvalue weighted by Crippen LogP contribution is -2.39. The third-order valence-corrected chi connectivity index (χ3v) is 3.23. The molecule has 110 valence electrons. The Bertz CT molecular complexity index is 700. The number of primary amides is 1. The Hall–Kier alpha value is -2.70. The van der Waals surface area contributed by atoms with Gasteiger partial charge in [0, 0.05) is 23.3 Å². The number of non-ortho nitro benzene ring substituents is 1. The van der Waals surface area contributed by atoms with Crippen LogP contribution in [0.2, 0.25) is 0 Å². The van der Waals surface area contributed by atoms with Crippen LogP contribution < -0.4 is 11.1 Å². The number of fused-ring (bicyclic) bond motifs is 1. The van der Waals surface area contributed by atoms with Crippen LogP contribution in [0.4, 0.5) is 11.4 Å². The number of rotatable bonds is 5. The van der Waals surface area contributed by atoms with Gasteiger partial charge in [-0.25, -0.2) is 4.98 Å². The summed E-state index contributed by atoms with van der Waals surface area (Å²) in [6.45, 7) is 3.74. The first kappa shape index (κ1) is 14.7. The predicted molar refractivity (Wildman–Crippen MR) is 79.8 cm³/mol. The number of hydrogen-bond acceptors (Lipinski definition) is 5. The number of nitro groups is 1. The van der Waals surface area contributed by atoms with Crippen molar-refractivity contribution in [1.29, 1.82) is 0 Å².